The molecule has 7 nitrogen and oxygen atoms in total. The smallest absolute Gasteiger partial charge is 0.319 e. The van der Waals surface area contributed by atoms with Crippen LogP contribution >= 0.6 is 15.9 Å². The lowest BCUT2D eigenvalue weighted by atomic mass is 10.1. The maximum absolute atomic E-state index is 9.92. The second-order valence-electron chi connectivity index (χ2n) is 4.04. The number of aliphatic hydroxyl groups is 2. The molecule has 1 rings (SSSR count). The van der Waals surface area contributed by atoms with E-state index in [0.29, 0.717) is 6.73 Å². The fourth-order valence-electron chi connectivity index (χ4n) is 0.769. The monoisotopic (exact) mass is 300 g/mol. The topological polar surface area (TPSA) is 105 Å². The Balaban J connectivity index is 0.000000288. The summed E-state index contributed by atoms with van der Waals surface area (Å²) >= 11 is 2.55. The Bertz CT molecular complexity index is 224. The Hall–Kier alpha value is -0.280. The molecular formula is C8H17BrN2O5. The highest BCUT2D eigenvalue weighted by Gasteiger charge is 2.38. The molecule has 1 fully saturated rings. The van der Waals surface area contributed by atoms with E-state index in [0.717, 1.165) is 6.61 Å². The predicted octanol–water partition coefficient (Wildman–Crippen LogP) is -0.319. The van der Waals surface area contributed by atoms with Crippen molar-refractivity contribution in [2.45, 2.75) is 23.8 Å². The molecule has 0 unspecified atom stereocenters. The van der Waals surface area contributed by atoms with E-state index in [2.05, 4.69) is 35.1 Å². The standard InChI is InChI=1S/C5H11NO.C3H6BrNO4/c1-5(2)3-7-4-6-5;4-3(1-6,2-7)5(8)9/h6H,3-4H2,1-2H3;6-7H,1-2H2. The fraction of sp³-hybridized carbons (Fsp3) is 1.00. The van der Waals surface area contributed by atoms with E-state index in [1.807, 2.05) is 0 Å². The summed E-state index contributed by atoms with van der Waals surface area (Å²) < 4.78 is 3.28. The predicted molar refractivity (Wildman–Crippen MR) is 60.9 cm³/mol. The summed E-state index contributed by atoms with van der Waals surface area (Å²) in [5.41, 5.74) is 0.222. The molecule has 0 aliphatic carbocycles. The molecule has 0 spiro atoms. The van der Waals surface area contributed by atoms with Gasteiger partial charge < -0.3 is 14.9 Å². The number of hydrogen-bond acceptors (Lipinski definition) is 6. The van der Waals surface area contributed by atoms with Crippen LogP contribution in [0.4, 0.5) is 0 Å². The highest BCUT2D eigenvalue weighted by molar-refractivity contribution is 9.10. The maximum atomic E-state index is 9.92. The van der Waals surface area contributed by atoms with Gasteiger partial charge in [0.15, 0.2) is 0 Å². The molecule has 8 heteroatoms. The van der Waals surface area contributed by atoms with Gasteiger partial charge >= 0.3 is 4.45 Å². The SMILES string of the molecule is CC1(C)COCN1.O=[N+]([O-])C(Br)(CO)CO. The minimum Gasteiger partial charge on any atom is -0.388 e. The summed E-state index contributed by atoms with van der Waals surface area (Å²) in [5.74, 6) is 0. The Morgan fingerprint density at radius 1 is 1.56 bits per heavy atom. The van der Waals surface area contributed by atoms with E-state index in [1.165, 1.54) is 0 Å². The first-order chi connectivity index (χ1) is 7.27. The van der Waals surface area contributed by atoms with Crippen molar-refractivity contribution in [3.63, 3.8) is 0 Å². The number of rotatable bonds is 3. The lowest BCUT2D eigenvalue weighted by molar-refractivity contribution is -0.542. The molecule has 1 aliphatic rings. The van der Waals surface area contributed by atoms with Gasteiger partial charge in [-0.3, -0.25) is 15.4 Å². The van der Waals surface area contributed by atoms with Crippen LogP contribution in [0.15, 0.2) is 0 Å². The Kier molecular flexibility index (Phi) is 6.34. The van der Waals surface area contributed by atoms with Crippen LogP contribution in [0.25, 0.3) is 0 Å². The second kappa shape index (κ2) is 6.45. The van der Waals surface area contributed by atoms with Crippen LogP contribution in [0.3, 0.4) is 0 Å². The minimum absolute atomic E-state index is 0.222. The average molecular weight is 301 g/mol. The zero-order chi connectivity index (χ0) is 12.8. The third-order valence-electron chi connectivity index (χ3n) is 1.93. The molecule has 1 aliphatic heterocycles. The van der Waals surface area contributed by atoms with Gasteiger partial charge in [0.1, 0.15) is 13.2 Å². The normalized spacial score (nSPS) is 18.8. The maximum Gasteiger partial charge on any atom is 0.319 e. The molecule has 16 heavy (non-hydrogen) atoms. The van der Waals surface area contributed by atoms with E-state index in [9.17, 15) is 10.1 Å². The Morgan fingerprint density at radius 2 is 2.06 bits per heavy atom. The molecule has 0 amide bonds. The summed E-state index contributed by atoms with van der Waals surface area (Å²) in [7, 11) is 0. The summed E-state index contributed by atoms with van der Waals surface area (Å²) in [5, 5.41) is 29.7. The van der Waals surface area contributed by atoms with Crippen molar-refractivity contribution in [3.05, 3.63) is 10.1 Å². The average Bonchev–Trinajstić information content (AvgIpc) is 2.62. The minimum atomic E-state index is -1.77. The van der Waals surface area contributed by atoms with E-state index >= 15 is 0 Å². The quantitative estimate of drug-likeness (QED) is 0.286. The van der Waals surface area contributed by atoms with E-state index in [-0.39, 0.29) is 5.54 Å². The lowest BCUT2D eigenvalue weighted by Crippen LogP contribution is -2.39. The van der Waals surface area contributed by atoms with Crippen molar-refractivity contribution >= 4 is 15.9 Å². The van der Waals surface area contributed by atoms with Gasteiger partial charge in [-0.1, -0.05) is 0 Å². The van der Waals surface area contributed by atoms with Gasteiger partial charge in [0, 0.05) is 26.4 Å². The number of nitro groups is 1. The molecule has 3 N–H and O–H groups in total. The molecule has 1 heterocycles. The van der Waals surface area contributed by atoms with Gasteiger partial charge in [-0.15, -0.1) is 0 Å². The van der Waals surface area contributed by atoms with Crippen LogP contribution in [0, 0.1) is 10.1 Å². The summed E-state index contributed by atoms with van der Waals surface area (Å²) in [4.78, 5) is 9.14. The third kappa shape index (κ3) is 5.17. The fourth-order valence-corrected chi connectivity index (χ4v) is 0.769. The summed E-state index contributed by atoms with van der Waals surface area (Å²) in [6.07, 6.45) is 0. The van der Waals surface area contributed by atoms with Crippen molar-refractivity contribution in [2.24, 2.45) is 0 Å². The van der Waals surface area contributed by atoms with Gasteiger partial charge in [0.2, 0.25) is 0 Å². The largest absolute Gasteiger partial charge is 0.388 e. The Morgan fingerprint density at radius 3 is 2.12 bits per heavy atom. The van der Waals surface area contributed by atoms with Gasteiger partial charge in [-0.05, 0) is 13.8 Å². The van der Waals surface area contributed by atoms with Gasteiger partial charge in [-0.2, -0.15) is 0 Å². The molecule has 1 saturated heterocycles. The number of alkyl halides is 1. The van der Waals surface area contributed by atoms with Crippen LogP contribution in [-0.2, 0) is 4.74 Å². The van der Waals surface area contributed by atoms with E-state index in [4.69, 9.17) is 14.9 Å². The highest BCUT2D eigenvalue weighted by atomic mass is 79.9. The first-order valence-corrected chi connectivity index (χ1v) is 5.44. The van der Waals surface area contributed by atoms with Crippen LogP contribution in [-0.4, -0.2) is 51.7 Å². The lowest BCUT2D eigenvalue weighted by Gasteiger charge is -2.12. The van der Waals surface area contributed by atoms with Crippen LogP contribution in [0.5, 0.6) is 0 Å². The molecule has 0 aromatic carbocycles. The van der Waals surface area contributed by atoms with E-state index in [1.54, 1.807) is 0 Å². The summed E-state index contributed by atoms with van der Waals surface area (Å²) in [6, 6.07) is 0. The molecule has 0 aromatic heterocycles. The van der Waals surface area contributed by atoms with Crippen LogP contribution in [0.1, 0.15) is 13.8 Å². The number of hydrogen-bond donors (Lipinski definition) is 3. The molecule has 96 valence electrons. The van der Waals surface area contributed by atoms with Crippen molar-refractivity contribution in [1.82, 2.24) is 5.32 Å². The second-order valence-corrected chi connectivity index (χ2v) is 5.52. The first kappa shape index (κ1) is 15.7. The number of halogens is 1. The first-order valence-electron chi connectivity index (χ1n) is 4.65. The Labute approximate surface area is 102 Å². The zero-order valence-corrected chi connectivity index (χ0v) is 10.9. The number of aliphatic hydroxyl groups excluding tert-OH is 2. The van der Waals surface area contributed by atoms with Gasteiger partial charge in [-0.25, -0.2) is 0 Å². The van der Waals surface area contributed by atoms with Crippen LogP contribution in [0.2, 0.25) is 0 Å². The molecule has 0 saturated carbocycles. The molecule has 0 radical (unpaired) electrons. The highest BCUT2D eigenvalue weighted by Crippen LogP contribution is 2.15. The van der Waals surface area contributed by atoms with Gasteiger partial charge in [0.05, 0.1) is 13.3 Å². The molecular weight excluding hydrogens is 284 g/mol. The van der Waals surface area contributed by atoms with Crippen molar-refractivity contribution < 1.29 is 19.9 Å². The number of nitrogens with zero attached hydrogens (tertiary/aromatic N) is 1. The molecule has 0 bridgehead atoms. The van der Waals surface area contributed by atoms with Gasteiger partial charge in [0.25, 0.3) is 0 Å². The van der Waals surface area contributed by atoms with Crippen molar-refractivity contribution in [3.8, 4) is 0 Å². The molecule has 0 aromatic rings. The number of nitrogens with one attached hydrogen (secondary N) is 1. The number of ether oxygens (including phenoxy) is 1. The third-order valence-corrected chi connectivity index (χ3v) is 2.72. The summed E-state index contributed by atoms with van der Waals surface area (Å²) in [6.45, 7) is 4.35. The van der Waals surface area contributed by atoms with Crippen molar-refractivity contribution in [1.29, 1.82) is 0 Å². The zero-order valence-electron chi connectivity index (χ0n) is 9.27. The van der Waals surface area contributed by atoms with Crippen LogP contribution < -0.4 is 5.32 Å². The van der Waals surface area contributed by atoms with Crippen molar-refractivity contribution in [2.75, 3.05) is 26.6 Å². The van der Waals surface area contributed by atoms with E-state index < -0.39 is 22.6 Å². The molecule has 0 atom stereocenters.